The first-order valence-electron chi connectivity index (χ1n) is 15.6. The van der Waals surface area contributed by atoms with E-state index in [1.165, 1.54) is 38.5 Å². The highest BCUT2D eigenvalue weighted by Crippen LogP contribution is 2.53. The number of carbonyl (C=O) groups is 2. The van der Waals surface area contributed by atoms with E-state index in [2.05, 4.69) is 27.4 Å². The number of nitrogens with zero attached hydrogens (tertiary/aromatic N) is 2. The van der Waals surface area contributed by atoms with E-state index in [9.17, 15) is 9.59 Å². The molecule has 0 radical (unpaired) electrons. The van der Waals surface area contributed by atoms with E-state index in [1.807, 2.05) is 0 Å². The van der Waals surface area contributed by atoms with Gasteiger partial charge in [0.2, 0.25) is 11.8 Å². The maximum atomic E-state index is 15.4. The van der Waals surface area contributed by atoms with Crippen LogP contribution in [0.4, 0.5) is 4.39 Å². The Bertz CT molecular complexity index is 865. The molecular formula is C30H49FN4O2. The van der Waals surface area contributed by atoms with Gasteiger partial charge in [0.05, 0.1) is 6.04 Å². The summed E-state index contributed by atoms with van der Waals surface area (Å²) in [6, 6.07) is 1.29. The van der Waals surface area contributed by atoms with Gasteiger partial charge in [-0.05, 0) is 82.5 Å². The van der Waals surface area contributed by atoms with Gasteiger partial charge < -0.3 is 10.2 Å². The fourth-order valence-corrected chi connectivity index (χ4v) is 10.1. The van der Waals surface area contributed by atoms with E-state index in [4.69, 9.17) is 0 Å². The summed E-state index contributed by atoms with van der Waals surface area (Å²) in [6.07, 6.45) is 14.1. The minimum atomic E-state index is -0.786. The largest absolute Gasteiger partial charge is 0.352 e. The predicted molar refractivity (Wildman–Crippen MR) is 143 cm³/mol. The van der Waals surface area contributed by atoms with Crippen molar-refractivity contribution in [1.29, 1.82) is 0 Å². The zero-order valence-corrected chi connectivity index (χ0v) is 23.1. The van der Waals surface area contributed by atoms with Crippen LogP contribution in [0.1, 0.15) is 104 Å². The molecule has 6 fully saturated rings. The molecule has 2 amide bonds. The lowest BCUT2D eigenvalue weighted by atomic mass is 9.58. The molecule has 2 N–H and O–H groups in total. The minimum Gasteiger partial charge on any atom is -0.352 e. The highest BCUT2D eigenvalue weighted by molar-refractivity contribution is 5.82. The van der Waals surface area contributed by atoms with Crippen LogP contribution in [0.15, 0.2) is 0 Å². The molecule has 37 heavy (non-hydrogen) atoms. The summed E-state index contributed by atoms with van der Waals surface area (Å²) in [6.45, 7) is 5.97. The first kappa shape index (κ1) is 26.0. The second kappa shape index (κ2) is 10.4. The third kappa shape index (κ3) is 4.54. The Hall–Kier alpha value is -1.21. The van der Waals surface area contributed by atoms with Crippen LogP contribution in [0.25, 0.3) is 0 Å². The lowest BCUT2D eigenvalue weighted by Gasteiger charge is -2.52. The Morgan fingerprint density at radius 3 is 2.46 bits per heavy atom. The zero-order chi connectivity index (χ0) is 25.7. The highest BCUT2D eigenvalue weighted by atomic mass is 19.1. The van der Waals surface area contributed by atoms with Crippen molar-refractivity contribution in [2.75, 3.05) is 13.1 Å². The van der Waals surface area contributed by atoms with Crippen molar-refractivity contribution in [3.63, 3.8) is 0 Å². The van der Waals surface area contributed by atoms with E-state index in [0.29, 0.717) is 42.8 Å². The maximum absolute atomic E-state index is 15.4. The normalized spacial score (nSPS) is 45.0. The topological polar surface area (TPSA) is 64.7 Å². The van der Waals surface area contributed by atoms with E-state index in [1.54, 1.807) is 6.92 Å². The number of hydrogen-bond donors (Lipinski definition) is 2. The molecule has 208 valence electrons. The van der Waals surface area contributed by atoms with Crippen LogP contribution < -0.4 is 10.6 Å². The van der Waals surface area contributed by atoms with Crippen LogP contribution in [0.3, 0.4) is 0 Å². The molecule has 0 bridgehead atoms. The number of hydrogen-bond acceptors (Lipinski definition) is 4. The lowest BCUT2D eigenvalue weighted by Crippen LogP contribution is -2.62. The first-order chi connectivity index (χ1) is 17.9. The zero-order valence-electron chi connectivity index (χ0n) is 23.1. The molecule has 3 aliphatic heterocycles. The summed E-state index contributed by atoms with van der Waals surface area (Å²) in [4.78, 5) is 30.5. The quantitative estimate of drug-likeness (QED) is 0.589. The van der Waals surface area contributed by atoms with Gasteiger partial charge in [0.15, 0.2) is 0 Å². The highest BCUT2D eigenvalue weighted by Gasteiger charge is 2.60. The van der Waals surface area contributed by atoms with Gasteiger partial charge in [-0.3, -0.25) is 19.8 Å². The summed E-state index contributed by atoms with van der Waals surface area (Å²) in [5, 5.41) is 7.30. The second-order valence-corrected chi connectivity index (χ2v) is 13.5. The van der Waals surface area contributed by atoms with Gasteiger partial charge in [-0.25, -0.2) is 4.39 Å². The number of amides is 2. The van der Waals surface area contributed by atoms with Crippen molar-refractivity contribution in [2.45, 2.75) is 146 Å². The Labute approximate surface area is 222 Å². The molecule has 0 aromatic heterocycles. The molecule has 7 heteroatoms. The van der Waals surface area contributed by atoms with Gasteiger partial charge in [0.25, 0.3) is 0 Å². The lowest BCUT2D eigenvalue weighted by molar-refractivity contribution is -0.129. The van der Waals surface area contributed by atoms with Crippen LogP contribution in [-0.2, 0) is 9.59 Å². The summed E-state index contributed by atoms with van der Waals surface area (Å²) >= 11 is 0. The molecule has 3 saturated heterocycles. The van der Waals surface area contributed by atoms with Crippen LogP contribution in [0.5, 0.6) is 0 Å². The Kier molecular flexibility index (Phi) is 7.32. The standard InChI is InChI=1S/C30H49FN4O2/c1-19-11-12-25(31)24-18-26(33-30(19,24)21-7-4-3-5-8-21)29(37)32-22-9-6-10-23(17-22)35-16-14-27-28(35)13-15-34(27)20(2)36/h19,21-28,33H,3-18H2,1-2H3,(H,32,37)/t19?,22-,23?,24?,25?,26?,27+,28+,30?/m1/s1. The van der Waals surface area contributed by atoms with Crippen LogP contribution in [0.2, 0.25) is 0 Å². The molecule has 6 aliphatic rings. The van der Waals surface area contributed by atoms with Crippen molar-refractivity contribution in [3.05, 3.63) is 0 Å². The third-order valence-electron chi connectivity index (χ3n) is 11.7. The Balaban J connectivity index is 1.10. The smallest absolute Gasteiger partial charge is 0.237 e. The molecule has 6 unspecified atom stereocenters. The fraction of sp³-hybridized carbons (Fsp3) is 0.933. The summed E-state index contributed by atoms with van der Waals surface area (Å²) in [5.74, 6) is 1.22. The maximum Gasteiger partial charge on any atom is 0.237 e. The van der Waals surface area contributed by atoms with Gasteiger partial charge in [0.1, 0.15) is 6.17 Å². The molecule has 3 aliphatic carbocycles. The molecule has 6 nitrogen and oxygen atoms in total. The summed E-state index contributed by atoms with van der Waals surface area (Å²) in [5.41, 5.74) is -0.204. The molecule has 3 heterocycles. The second-order valence-electron chi connectivity index (χ2n) is 13.5. The number of likely N-dealkylation sites (tertiary alicyclic amines) is 2. The molecule has 9 atom stereocenters. The van der Waals surface area contributed by atoms with Gasteiger partial charge in [0, 0.05) is 55.6 Å². The molecule has 0 aromatic rings. The summed E-state index contributed by atoms with van der Waals surface area (Å²) < 4.78 is 15.4. The number of fused-ring (bicyclic) bond motifs is 2. The van der Waals surface area contributed by atoms with Crippen molar-refractivity contribution in [1.82, 2.24) is 20.4 Å². The molecular weight excluding hydrogens is 467 g/mol. The molecule has 0 spiro atoms. The number of rotatable bonds is 4. The van der Waals surface area contributed by atoms with Crippen LogP contribution >= 0.6 is 0 Å². The molecule has 6 rings (SSSR count). The van der Waals surface area contributed by atoms with Crippen LogP contribution in [-0.4, -0.2) is 76.6 Å². The van der Waals surface area contributed by atoms with E-state index < -0.39 is 6.17 Å². The first-order valence-corrected chi connectivity index (χ1v) is 15.6. The average Bonchev–Trinajstić information content (AvgIpc) is 3.61. The van der Waals surface area contributed by atoms with Gasteiger partial charge in [-0.15, -0.1) is 0 Å². The molecule has 3 saturated carbocycles. The van der Waals surface area contributed by atoms with E-state index in [-0.39, 0.29) is 35.4 Å². The Morgan fingerprint density at radius 2 is 1.68 bits per heavy atom. The number of halogens is 1. The Morgan fingerprint density at radius 1 is 0.892 bits per heavy atom. The van der Waals surface area contributed by atoms with Crippen molar-refractivity contribution < 1.29 is 14.0 Å². The predicted octanol–water partition coefficient (Wildman–Crippen LogP) is 4.17. The van der Waals surface area contributed by atoms with Crippen molar-refractivity contribution in [3.8, 4) is 0 Å². The van der Waals surface area contributed by atoms with Crippen LogP contribution in [0, 0.1) is 17.8 Å². The van der Waals surface area contributed by atoms with Crippen molar-refractivity contribution in [2.24, 2.45) is 17.8 Å². The van der Waals surface area contributed by atoms with Crippen molar-refractivity contribution >= 4 is 11.8 Å². The van der Waals surface area contributed by atoms with E-state index in [0.717, 1.165) is 51.6 Å². The van der Waals surface area contributed by atoms with Gasteiger partial charge in [-0.2, -0.15) is 0 Å². The number of carbonyl (C=O) groups excluding carboxylic acids is 2. The monoisotopic (exact) mass is 516 g/mol. The summed E-state index contributed by atoms with van der Waals surface area (Å²) in [7, 11) is 0. The SMILES string of the molecule is CC(=O)N1CC[C@H]2[C@@H]1CCN2C1CCC[C@@H](NC(=O)C2CC3C(F)CCC(C)C3(C3CCCCC3)N2)C1. The van der Waals surface area contributed by atoms with Gasteiger partial charge >= 0.3 is 0 Å². The third-order valence-corrected chi connectivity index (χ3v) is 11.7. The number of nitrogens with one attached hydrogen (secondary N) is 2. The number of alkyl halides is 1. The fourth-order valence-electron chi connectivity index (χ4n) is 10.1. The van der Waals surface area contributed by atoms with E-state index >= 15 is 4.39 Å². The molecule has 0 aromatic carbocycles. The minimum absolute atomic E-state index is 0.0256. The average molecular weight is 517 g/mol. The van der Waals surface area contributed by atoms with Gasteiger partial charge in [-0.1, -0.05) is 26.2 Å².